The van der Waals surface area contributed by atoms with Gasteiger partial charge in [0.1, 0.15) is 5.82 Å². The van der Waals surface area contributed by atoms with E-state index in [9.17, 15) is 14.0 Å². The van der Waals surface area contributed by atoms with Crippen LogP contribution in [0.15, 0.2) is 54.6 Å². The number of carbonyl (C=O) groups excluding carboxylic acids is 2. The molecule has 5 heteroatoms. The van der Waals surface area contributed by atoms with Crippen LogP contribution >= 0.6 is 0 Å². The molecule has 0 saturated heterocycles. The topological polar surface area (TPSA) is 55.4 Å². The van der Waals surface area contributed by atoms with Crippen molar-refractivity contribution in [2.45, 2.75) is 19.9 Å². The van der Waals surface area contributed by atoms with Crippen LogP contribution in [0.2, 0.25) is 0 Å². The van der Waals surface area contributed by atoms with Crippen molar-refractivity contribution in [3.05, 3.63) is 77.1 Å². The van der Waals surface area contributed by atoms with Crippen molar-refractivity contribution in [2.75, 3.05) is 7.11 Å². The van der Waals surface area contributed by atoms with E-state index < -0.39 is 5.97 Å². The molecule has 4 nitrogen and oxygen atoms in total. The molecule has 0 spiro atoms. The predicted molar refractivity (Wildman–Crippen MR) is 98.9 cm³/mol. The Hall–Kier alpha value is -2.95. The normalized spacial score (nSPS) is 12.2. The Morgan fingerprint density at radius 1 is 1.04 bits per heavy atom. The molecule has 0 heterocycles. The highest BCUT2D eigenvalue weighted by Crippen LogP contribution is 2.22. The lowest BCUT2D eigenvalue weighted by atomic mass is 9.96. The zero-order valence-electron chi connectivity index (χ0n) is 15.0. The molecule has 136 valence electrons. The number of rotatable bonds is 6. The second kappa shape index (κ2) is 8.94. The van der Waals surface area contributed by atoms with E-state index in [-0.39, 0.29) is 23.7 Å². The van der Waals surface area contributed by atoms with Crippen LogP contribution in [0.3, 0.4) is 0 Å². The Morgan fingerprint density at radius 3 is 2.19 bits per heavy atom. The number of hydrogen-bond donors (Lipinski definition) is 1. The Balaban J connectivity index is 2.04. The maximum atomic E-state index is 13.1. The van der Waals surface area contributed by atoms with Crippen LogP contribution in [0.25, 0.3) is 6.08 Å². The lowest BCUT2D eigenvalue weighted by molar-refractivity contribution is -0.117. The number of nitrogens with one attached hydrogen (secondary N) is 1. The molecule has 0 saturated carbocycles. The van der Waals surface area contributed by atoms with Gasteiger partial charge < -0.3 is 10.1 Å². The second-order valence-electron chi connectivity index (χ2n) is 6.23. The molecule has 0 fully saturated rings. The molecule has 2 aromatic carbocycles. The standard InChI is InChI=1S/C21H22FNO3/c1-14(2)20(16-9-11-18(22)12-10-16)23-19(24)13-6-15-4-7-17(8-5-15)21(25)26-3/h4-14,20H,1-3H3,(H,23,24)/b13-6+. The van der Waals surface area contributed by atoms with E-state index in [0.29, 0.717) is 5.56 Å². The number of methoxy groups -OCH3 is 1. The third-order valence-electron chi connectivity index (χ3n) is 3.95. The van der Waals surface area contributed by atoms with Crippen LogP contribution in [-0.4, -0.2) is 19.0 Å². The van der Waals surface area contributed by atoms with Crippen LogP contribution in [0, 0.1) is 11.7 Å². The molecule has 0 radical (unpaired) electrons. The van der Waals surface area contributed by atoms with E-state index in [1.54, 1.807) is 42.5 Å². The van der Waals surface area contributed by atoms with Crippen molar-refractivity contribution in [1.82, 2.24) is 5.32 Å². The fraction of sp³-hybridized carbons (Fsp3) is 0.238. The molecular formula is C21H22FNO3. The summed E-state index contributed by atoms with van der Waals surface area (Å²) in [5.41, 5.74) is 2.09. The fourth-order valence-electron chi connectivity index (χ4n) is 2.53. The largest absolute Gasteiger partial charge is 0.465 e. The van der Waals surface area contributed by atoms with E-state index in [4.69, 9.17) is 0 Å². The minimum Gasteiger partial charge on any atom is -0.465 e. The van der Waals surface area contributed by atoms with Gasteiger partial charge in [0.25, 0.3) is 0 Å². The van der Waals surface area contributed by atoms with Crippen molar-refractivity contribution in [3.63, 3.8) is 0 Å². The number of hydrogen-bond acceptors (Lipinski definition) is 3. The second-order valence-corrected chi connectivity index (χ2v) is 6.23. The van der Waals surface area contributed by atoms with E-state index in [1.807, 2.05) is 13.8 Å². The van der Waals surface area contributed by atoms with Gasteiger partial charge >= 0.3 is 5.97 Å². The molecular weight excluding hydrogens is 333 g/mol. The zero-order valence-corrected chi connectivity index (χ0v) is 15.0. The van der Waals surface area contributed by atoms with Crippen LogP contribution in [0.4, 0.5) is 4.39 Å². The Bertz CT molecular complexity index is 780. The quantitative estimate of drug-likeness (QED) is 0.626. The van der Waals surface area contributed by atoms with Crippen molar-refractivity contribution in [1.29, 1.82) is 0 Å². The molecule has 1 amide bonds. The number of halogens is 1. The summed E-state index contributed by atoms with van der Waals surface area (Å²) < 4.78 is 17.7. The summed E-state index contributed by atoms with van der Waals surface area (Å²) >= 11 is 0. The Morgan fingerprint density at radius 2 is 1.65 bits per heavy atom. The van der Waals surface area contributed by atoms with Gasteiger partial charge in [0.15, 0.2) is 0 Å². The van der Waals surface area contributed by atoms with Crippen molar-refractivity contribution in [2.24, 2.45) is 5.92 Å². The van der Waals surface area contributed by atoms with Crippen LogP contribution in [0.1, 0.15) is 41.4 Å². The Labute approximate surface area is 152 Å². The predicted octanol–water partition coefficient (Wildman–Crippen LogP) is 4.14. The molecule has 2 rings (SSSR count). The first-order chi connectivity index (χ1) is 12.4. The van der Waals surface area contributed by atoms with Gasteiger partial charge in [-0.15, -0.1) is 0 Å². The summed E-state index contributed by atoms with van der Waals surface area (Å²) in [6.07, 6.45) is 3.10. The number of benzene rings is 2. The maximum absolute atomic E-state index is 13.1. The third-order valence-corrected chi connectivity index (χ3v) is 3.95. The van der Waals surface area contributed by atoms with E-state index in [2.05, 4.69) is 10.1 Å². The highest BCUT2D eigenvalue weighted by molar-refractivity contribution is 5.92. The maximum Gasteiger partial charge on any atom is 0.337 e. The Kier molecular flexibility index (Phi) is 6.67. The lowest BCUT2D eigenvalue weighted by Crippen LogP contribution is -2.30. The van der Waals surface area contributed by atoms with Crippen LogP contribution < -0.4 is 5.32 Å². The van der Waals surface area contributed by atoms with Crippen molar-refractivity contribution < 1.29 is 18.7 Å². The van der Waals surface area contributed by atoms with Crippen molar-refractivity contribution in [3.8, 4) is 0 Å². The monoisotopic (exact) mass is 355 g/mol. The van der Waals surface area contributed by atoms with Gasteiger partial charge in [-0.25, -0.2) is 9.18 Å². The molecule has 0 bridgehead atoms. The van der Waals surface area contributed by atoms with Crippen LogP contribution in [-0.2, 0) is 9.53 Å². The summed E-state index contributed by atoms with van der Waals surface area (Å²) in [6.45, 7) is 3.98. The number of esters is 1. The van der Waals surface area contributed by atoms with Gasteiger partial charge in [0.05, 0.1) is 18.7 Å². The summed E-state index contributed by atoms with van der Waals surface area (Å²) in [7, 11) is 1.33. The molecule has 2 aromatic rings. The SMILES string of the molecule is COC(=O)c1ccc(/C=C/C(=O)NC(c2ccc(F)cc2)C(C)C)cc1. The average molecular weight is 355 g/mol. The number of carbonyl (C=O) groups is 2. The minimum atomic E-state index is -0.405. The first kappa shape index (κ1) is 19.4. The molecule has 26 heavy (non-hydrogen) atoms. The molecule has 0 aliphatic rings. The third kappa shape index (κ3) is 5.28. The van der Waals surface area contributed by atoms with Gasteiger partial charge in [-0.05, 0) is 47.4 Å². The van der Waals surface area contributed by atoms with E-state index in [1.165, 1.54) is 25.3 Å². The molecule has 0 aliphatic carbocycles. The molecule has 0 aromatic heterocycles. The smallest absolute Gasteiger partial charge is 0.337 e. The molecule has 1 unspecified atom stereocenters. The molecule has 1 atom stereocenters. The summed E-state index contributed by atoms with van der Waals surface area (Å²) in [6, 6.07) is 12.6. The summed E-state index contributed by atoms with van der Waals surface area (Å²) in [4.78, 5) is 23.7. The minimum absolute atomic E-state index is 0.150. The van der Waals surface area contributed by atoms with Crippen molar-refractivity contribution >= 4 is 18.0 Å². The first-order valence-corrected chi connectivity index (χ1v) is 8.33. The number of ether oxygens (including phenoxy) is 1. The zero-order chi connectivity index (χ0) is 19.1. The van der Waals surface area contributed by atoms with Gasteiger partial charge in [-0.3, -0.25) is 4.79 Å². The van der Waals surface area contributed by atoms with Gasteiger partial charge in [0, 0.05) is 6.08 Å². The molecule has 0 aliphatic heterocycles. The highest BCUT2D eigenvalue weighted by atomic mass is 19.1. The van der Waals surface area contributed by atoms with Gasteiger partial charge in [-0.2, -0.15) is 0 Å². The first-order valence-electron chi connectivity index (χ1n) is 8.33. The van der Waals surface area contributed by atoms with E-state index in [0.717, 1.165) is 11.1 Å². The summed E-state index contributed by atoms with van der Waals surface area (Å²) in [5, 5.41) is 2.94. The van der Waals surface area contributed by atoms with Crippen LogP contribution in [0.5, 0.6) is 0 Å². The fourth-order valence-corrected chi connectivity index (χ4v) is 2.53. The number of amides is 1. The average Bonchev–Trinajstić information content (AvgIpc) is 2.65. The lowest BCUT2D eigenvalue weighted by Gasteiger charge is -2.22. The molecule has 1 N–H and O–H groups in total. The van der Waals surface area contributed by atoms with Gasteiger partial charge in [-0.1, -0.05) is 38.1 Å². The van der Waals surface area contributed by atoms with Gasteiger partial charge in [0.2, 0.25) is 5.91 Å². The highest BCUT2D eigenvalue weighted by Gasteiger charge is 2.17. The summed E-state index contributed by atoms with van der Waals surface area (Å²) in [5.74, 6) is -0.808. The van der Waals surface area contributed by atoms with E-state index >= 15 is 0 Å².